The fraction of sp³-hybridized carbons (Fsp3) is 0.235. The Kier molecular flexibility index (Phi) is 4.30. The number of aliphatic imine (C=N–C) groups is 1. The van der Waals surface area contributed by atoms with Crippen molar-refractivity contribution < 1.29 is 17.2 Å². The van der Waals surface area contributed by atoms with E-state index in [4.69, 9.17) is 13.6 Å². The highest BCUT2D eigenvalue weighted by molar-refractivity contribution is 7.90. The zero-order valence-electron chi connectivity index (χ0n) is 14.1. The molecule has 1 aliphatic rings. The van der Waals surface area contributed by atoms with E-state index in [1.807, 2.05) is 0 Å². The van der Waals surface area contributed by atoms with Gasteiger partial charge >= 0.3 is 0 Å². The summed E-state index contributed by atoms with van der Waals surface area (Å²) in [6.07, 6.45) is 0. The molecule has 0 saturated carbocycles. The van der Waals surface area contributed by atoms with Crippen LogP contribution in [0.5, 0.6) is 0 Å². The molecular weight excluding hydrogens is 359 g/mol. The number of halogens is 2. The van der Waals surface area contributed by atoms with Crippen LogP contribution in [-0.4, -0.2) is 33.6 Å². The van der Waals surface area contributed by atoms with E-state index in [1.54, 1.807) is 24.3 Å². The predicted octanol–water partition coefficient (Wildman–Crippen LogP) is 1.30. The molecule has 1 aliphatic heterocycles. The van der Waals surface area contributed by atoms with Crippen molar-refractivity contribution in [1.82, 2.24) is 4.31 Å². The van der Waals surface area contributed by atoms with Gasteiger partial charge in [0, 0.05) is 18.7 Å². The molecule has 2 atom stereocenters. The SMILES string of the molecule is [B]c1ccc([C@@H]2[C@@](C)(c3ccc(F)cc3F)N=C(N)N(C)S2(=O)=O)cc1. The van der Waals surface area contributed by atoms with Gasteiger partial charge in [-0.25, -0.2) is 26.5 Å². The maximum atomic E-state index is 14.5. The van der Waals surface area contributed by atoms with Crippen molar-refractivity contribution in [2.75, 3.05) is 7.05 Å². The maximum absolute atomic E-state index is 14.5. The summed E-state index contributed by atoms with van der Waals surface area (Å²) in [5.74, 6) is -1.95. The van der Waals surface area contributed by atoms with Crippen LogP contribution >= 0.6 is 0 Å². The third-order valence-electron chi connectivity index (χ3n) is 4.58. The van der Waals surface area contributed by atoms with Crippen molar-refractivity contribution in [3.8, 4) is 0 Å². The summed E-state index contributed by atoms with van der Waals surface area (Å²) in [5.41, 5.74) is 4.95. The van der Waals surface area contributed by atoms with Crippen molar-refractivity contribution in [3.63, 3.8) is 0 Å². The number of nitrogens with two attached hydrogens (primary N) is 1. The average Bonchev–Trinajstić information content (AvgIpc) is 2.54. The molecular formula is C17H16BF2N3O2S. The largest absolute Gasteiger partial charge is 0.369 e. The molecule has 2 aromatic carbocycles. The Morgan fingerprint density at radius 1 is 1.19 bits per heavy atom. The van der Waals surface area contributed by atoms with Crippen molar-refractivity contribution in [1.29, 1.82) is 0 Å². The van der Waals surface area contributed by atoms with E-state index in [1.165, 1.54) is 20.0 Å². The standard InChI is InChI=1S/C17H16BF2N3O2S/c1-17(13-8-7-12(19)9-14(13)20)15(10-3-5-11(18)6-4-10)26(24,25)23(2)16(21)22-17/h3-9,15H,1-2H3,(H2,21,22)/t15-,17-/m1/s1. The highest BCUT2D eigenvalue weighted by Crippen LogP contribution is 2.47. The van der Waals surface area contributed by atoms with Crippen LogP contribution in [0, 0.1) is 11.6 Å². The topological polar surface area (TPSA) is 75.8 Å². The lowest BCUT2D eigenvalue weighted by molar-refractivity contribution is 0.397. The third-order valence-corrected chi connectivity index (χ3v) is 6.85. The molecule has 0 saturated heterocycles. The second-order valence-electron chi connectivity index (χ2n) is 6.30. The number of nitrogens with zero attached hydrogens (tertiary/aromatic N) is 2. The van der Waals surface area contributed by atoms with E-state index in [0.717, 1.165) is 10.4 Å². The van der Waals surface area contributed by atoms with Gasteiger partial charge < -0.3 is 5.73 Å². The lowest BCUT2D eigenvalue weighted by Gasteiger charge is -2.41. The third kappa shape index (κ3) is 2.76. The van der Waals surface area contributed by atoms with E-state index in [-0.39, 0.29) is 11.5 Å². The van der Waals surface area contributed by atoms with Gasteiger partial charge in [-0.3, -0.25) is 0 Å². The first-order valence-electron chi connectivity index (χ1n) is 7.71. The van der Waals surface area contributed by atoms with Gasteiger partial charge in [-0.05, 0) is 18.6 Å². The molecule has 9 heteroatoms. The van der Waals surface area contributed by atoms with Crippen molar-refractivity contribution in [2.45, 2.75) is 17.7 Å². The molecule has 0 spiro atoms. The van der Waals surface area contributed by atoms with Gasteiger partial charge in [0.1, 0.15) is 30.3 Å². The molecule has 3 rings (SSSR count). The smallest absolute Gasteiger partial charge is 0.247 e. The van der Waals surface area contributed by atoms with Gasteiger partial charge in [0.05, 0.1) is 0 Å². The Morgan fingerprint density at radius 3 is 2.38 bits per heavy atom. The molecule has 0 amide bonds. The fourth-order valence-corrected chi connectivity index (χ4v) is 5.09. The van der Waals surface area contributed by atoms with Gasteiger partial charge in [0.2, 0.25) is 16.0 Å². The normalized spacial score (nSPS) is 25.0. The first-order valence-corrected chi connectivity index (χ1v) is 9.21. The van der Waals surface area contributed by atoms with E-state index in [9.17, 15) is 17.2 Å². The molecule has 0 unspecified atom stereocenters. The monoisotopic (exact) mass is 375 g/mol. The second-order valence-corrected chi connectivity index (χ2v) is 8.35. The van der Waals surface area contributed by atoms with Crippen molar-refractivity contribution in [2.24, 2.45) is 10.7 Å². The summed E-state index contributed by atoms with van der Waals surface area (Å²) in [4.78, 5) is 4.28. The molecule has 2 N–H and O–H groups in total. The molecule has 0 aromatic heterocycles. The average molecular weight is 375 g/mol. The Hall–Kier alpha value is -2.42. The van der Waals surface area contributed by atoms with Crippen LogP contribution in [0.3, 0.4) is 0 Å². The quantitative estimate of drug-likeness (QED) is 0.805. The molecule has 134 valence electrons. The molecule has 1 heterocycles. The molecule has 26 heavy (non-hydrogen) atoms. The number of benzene rings is 2. The lowest BCUT2D eigenvalue weighted by Crippen LogP contribution is -2.52. The van der Waals surface area contributed by atoms with Crippen LogP contribution in [0.4, 0.5) is 8.78 Å². The molecule has 5 nitrogen and oxygen atoms in total. The van der Waals surface area contributed by atoms with Gasteiger partial charge in [-0.15, -0.1) is 0 Å². The summed E-state index contributed by atoms with van der Waals surface area (Å²) < 4.78 is 55.0. The van der Waals surface area contributed by atoms with E-state index < -0.39 is 32.4 Å². The first kappa shape index (κ1) is 18.4. The number of rotatable bonds is 2. The van der Waals surface area contributed by atoms with Crippen LogP contribution in [0.25, 0.3) is 0 Å². The van der Waals surface area contributed by atoms with Crippen molar-refractivity contribution >= 4 is 29.3 Å². The molecule has 0 fully saturated rings. The van der Waals surface area contributed by atoms with Crippen LogP contribution in [0.1, 0.15) is 23.3 Å². The molecule has 2 radical (unpaired) electrons. The Bertz CT molecular complexity index is 996. The van der Waals surface area contributed by atoms with E-state index in [0.29, 0.717) is 17.1 Å². The Morgan fingerprint density at radius 2 is 1.81 bits per heavy atom. The highest BCUT2D eigenvalue weighted by Gasteiger charge is 2.52. The summed E-state index contributed by atoms with van der Waals surface area (Å²) in [7, 11) is 2.94. The highest BCUT2D eigenvalue weighted by atomic mass is 32.2. The van der Waals surface area contributed by atoms with E-state index in [2.05, 4.69) is 4.99 Å². The number of guanidine groups is 1. The number of sulfonamides is 1. The summed E-state index contributed by atoms with van der Waals surface area (Å²) in [6.45, 7) is 1.46. The first-order chi connectivity index (χ1) is 12.1. The van der Waals surface area contributed by atoms with Gasteiger partial charge in [0.15, 0.2) is 0 Å². The molecule has 0 aliphatic carbocycles. The van der Waals surface area contributed by atoms with Gasteiger partial charge in [-0.2, -0.15) is 0 Å². The van der Waals surface area contributed by atoms with Gasteiger partial charge in [0.25, 0.3) is 0 Å². The number of hydrogen-bond acceptors (Lipinski definition) is 4. The summed E-state index contributed by atoms with van der Waals surface area (Å²) in [6, 6.07) is 9.12. The predicted molar refractivity (Wildman–Crippen MR) is 96.6 cm³/mol. The summed E-state index contributed by atoms with van der Waals surface area (Å²) >= 11 is 0. The Balaban J connectivity index is 2.33. The van der Waals surface area contributed by atoms with Crippen LogP contribution in [0.2, 0.25) is 0 Å². The van der Waals surface area contributed by atoms with Gasteiger partial charge in [-0.1, -0.05) is 35.8 Å². The Labute approximate surface area is 152 Å². The van der Waals surface area contributed by atoms with Crippen LogP contribution in [-0.2, 0) is 15.6 Å². The molecule has 0 bridgehead atoms. The second kappa shape index (κ2) is 6.08. The zero-order chi connectivity index (χ0) is 19.3. The summed E-state index contributed by atoms with van der Waals surface area (Å²) in [5, 5.41) is -1.27. The molecule has 2 aromatic rings. The zero-order valence-corrected chi connectivity index (χ0v) is 15.0. The minimum Gasteiger partial charge on any atom is -0.369 e. The van der Waals surface area contributed by atoms with Crippen molar-refractivity contribution in [3.05, 3.63) is 65.2 Å². The minimum atomic E-state index is -4.02. The minimum absolute atomic E-state index is 0.0691. The number of hydrogen-bond donors (Lipinski definition) is 1. The lowest BCUT2D eigenvalue weighted by atomic mass is 9.84. The van der Waals surface area contributed by atoms with E-state index >= 15 is 0 Å². The van der Waals surface area contributed by atoms with Crippen LogP contribution < -0.4 is 11.2 Å². The maximum Gasteiger partial charge on any atom is 0.247 e. The van der Waals surface area contributed by atoms with Crippen LogP contribution in [0.15, 0.2) is 47.5 Å². The fourth-order valence-electron chi connectivity index (χ4n) is 3.21.